The first-order valence-electron chi connectivity index (χ1n) is 9.33. The van der Waals surface area contributed by atoms with E-state index in [1.165, 1.54) is 19.2 Å². The van der Waals surface area contributed by atoms with E-state index in [0.29, 0.717) is 6.42 Å². The first-order chi connectivity index (χ1) is 12.7. The van der Waals surface area contributed by atoms with E-state index < -0.39 is 0 Å². The first-order valence-corrected chi connectivity index (χ1v) is 9.33. The summed E-state index contributed by atoms with van der Waals surface area (Å²) in [5, 5.41) is 3.56. The van der Waals surface area contributed by atoms with Crippen molar-refractivity contribution in [3.05, 3.63) is 66.0 Å². The number of methoxy groups -OCH3 is 1. The zero-order valence-corrected chi connectivity index (χ0v) is 15.4. The van der Waals surface area contributed by atoms with Crippen molar-refractivity contribution in [3.8, 4) is 0 Å². The molecule has 0 amide bonds. The Hall–Kier alpha value is -2.36. The predicted molar refractivity (Wildman–Crippen MR) is 104 cm³/mol. The Morgan fingerprint density at radius 3 is 2.31 bits per heavy atom. The monoisotopic (exact) mass is 357 g/mol. The van der Waals surface area contributed by atoms with Gasteiger partial charge in [-0.15, -0.1) is 0 Å². The van der Waals surface area contributed by atoms with Crippen molar-refractivity contribution in [2.75, 3.05) is 12.4 Å². The van der Waals surface area contributed by atoms with E-state index in [4.69, 9.17) is 0 Å². The van der Waals surface area contributed by atoms with E-state index in [2.05, 4.69) is 10.1 Å². The molecule has 2 aromatic rings. The second-order valence-corrected chi connectivity index (χ2v) is 6.50. The highest BCUT2D eigenvalue weighted by atomic mass is 19.1. The Labute approximate surface area is 155 Å². The summed E-state index contributed by atoms with van der Waals surface area (Å²) in [5.74, 6) is -0.341. The number of para-hydroxylation sites is 1. The van der Waals surface area contributed by atoms with Crippen LogP contribution < -0.4 is 5.32 Å². The Bertz CT molecular complexity index is 643. The number of esters is 1. The third-order valence-electron chi connectivity index (χ3n) is 4.49. The fourth-order valence-corrected chi connectivity index (χ4v) is 3.00. The van der Waals surface area contributed by atoms with Crippen molar-refractivity contribution in [2.24, 2.45) is 0 Å². The predicted octanol–water partition coefficient (Wildman–Crippen LogP) is 5.88. The maximum absolute atomic E-state index is 13.2. The van der Waals surface area contributed by atoms with Crippen LogP contribution in [0.15, 0.2) is 54.6 Å². The molecule has 0 aromatic heterocycles. The summed E-state index contributed by atoms with van der Waals surface area (Å²) < 4.78 is 17.9. The van der Waals surface area contributed by atoms with Crippen molar-refractivity contribution < 1.29 is 13.9 Å². The number of unbranched alkanes of at least 4 members (excludes halogenated alkanes) is 4. The molecule has 0 spiro atoms. The van der Waals surface area contributed by atoms with Crippen LogP contribution >= 0.6 is 0 Å². The van der Waals surface area contributed by atoms with Gasteiger partial charge in [-0.1, -0.05) is 56.0 Å². The second kappa shape index (κ2) is 11.3. The van der Waals surface area contributed by atoms with E-state index in [9.17, 15) is 9.18 Å². The highest BCUT2D eigenvalue weighted by molar-refractivity contribution is 5.68. The lowest BCUT2D eigenvalue weighted by atomic mass is 9.99. The molecule has 4 heteroatoms. The number of benzene rings is 2. The molecular weight excluding hydrogens is 329 g/mol. The van der Waals surface area contributed by atoms with Crippen molar-refractivity contribution in [3.63, 3.8) is 0 Å². The van der Waals surface area contributed by atoms with Crippen LogP contribution in [0.3, 0.4) is 0 Å². The van der Waals surface area contributed by atoms with Gasteiger partial charge in [-0.25, -0.2) is 4.39 Å². The quantitative estimate of drug-likeness (QED) is 0.403. The molecule has 0 saturated carbocycles. The smallest absolute Gasteiger partial charge is 0.305 e. The van der Waals surface area contributed by atoms with E-state index in [1.54, 1.807) is 0 Å². The van der Waals surface area contributed by atoms with Gasteiger partial charge in [0.15, 0.2) is 0 Å². The van der Waals surface area contributed by atoms with Crippen LogP contribution in [-0.2, 0) is 9.53 Å². The molecule has 1 N–H and O–H groups in total. The average Bonchev–Trinajstić information content (AvgIpc) is 2.67. The van der Waals surface area contributed by atoms with E-state index >= 15 is 0 Å². The lowest BCUT2D eigenvalue weighted by molar-refractivity contribution is -0.140. The summed E-state index contributed by atoms with van der Waals surface area (Å²) in [6.45, 7) is 0. The number of carbonyl (C=O) groups excluding carboxylic acids is 1. The Morgan fingerprint density at radius 1 is 0.962 bits per heavy atom. The second-order valence-electron chi connectivity index (χ2n) is 6.50. The molecule has 0 aliphatic carbocycles. The molecular formula is C22H28FNO2. The third-order valence-corrected chi connectivity index (χ3v) is 4.49. The highest BCUT2D eigenvalue weighted by Gasteiger charge is 2.11. The Kier molecular flexibility index (Phi) is 8.67. The van der Waals surface area contributed by atoms with Crippen molar-refractivity contribution in [1.29, 1.82) is 0 Å². The molecule has 26 heavy (non-hydrogen) atoms. The van der Waals surface area contributed by atoms with Crippen LogP contribution in [0.5, 0.6) is 0 Å². The topological polar surface area (TPSA) is 38.3 Å². The van der Waals surface area contributed by atoms with Gasteiger partial charge < -0.3 is 10.1 Å². The molecule has 0 aliphatic heterocycles. The van der Waals surface area contributed by atoms with E-state index in [1.807, 2.05) is 42.5 Å². The van der Waals surface area contributed by atoms with Gasteiger partial charge in [0.2, 0.25) is 0 Å². The number of hydrogen-bond donors (Lipinski definition) is 1. The maximum Gasteiger partial charge on any atom is 0.305 e. The Balaban J connectivity index is 1.80. The fraction of sp³-hybridized carbons (Fsp3) is 0.409. The zero-order chi connectivity index (χ0) is 18.6. The summed E-state index contributed by atoms with van der Waals surface area (Å²) in [6.07, 6.45) is 6.73. The lowest BCUT2D eigenvalue weighted by Crippen LogP contribution is -2.11. The number of carbonyl (C=O) groups is 1. The molecule has 0 bridgehead atoms. The molecule has 0 saturated heterocycles. The largest absolute Gasteiger partial charge is 0.469 e. The summed E-state index contributed by atoms with van der Waals surface area (Å²) in [4.78, 5) is 11.1. The highest BCUT2D eigenvalue weighted by Crippen LogP contribution is 2.25. The molecule has 2 rings (SSSR count). The number of hydrogen-bond acceptors (Lipinski definition) is 3. The van der Waals surface area contributed by atoms with Gasteiger partial charge in [-0.05, 0) is 42.7 Å². The van der Waals surface area contributed by atoms with Gasteiger partial charge in [-0.2, -0.15) is 0 Å². The molecule has 1 atom stereocenters. The average molecular weight is 357 g/mol. The van der Waals surface area contributed by atoms with Crippen molar-refractivity contribution >= 4 is 11.7 Å². The normalized spacial score (nSPS) is 11.8. The summed E-state index contributed by atoms with van der Waals surface area (Å²) in [7, 11) is 1.43. The third kappa shape index (κ3) is 7.26. The van der Waals surface area contributed by atoms with Crippen LogP contribution in [0.2, 0.25) is 0 Å². The summed E-state index contributed by atoms with van der Waals surface area (Å²) in [6, 6.07) is 17.0. The molecule has 2 aromatic carbocycles. The SMILES string of the molecule is COC(=O)CCCCCCCC(Nc1ccccc1)c1ccc(F)cc1. The van der Waals surface area contributed by atoms with Gasteiger partial charge in [-0.3, -0.25) is 4.79 Å². The zero-order valence-electron chi connectivity index (χ0n) is 15.4. The summed E-state index contributed by atoms with van der Waals surface area (Å²) >= 11 is 0. The Morgan fingerprint density at radius 2 is 1.62 bits per heavy atom. The summed E-state index contributed by atoms with van der Waals surface area (Å²) in [5.41, 5.74) is 2.17. The van der Waals surface area contributed by atoms with Gasteiger partial charge in [0.25, 0.3) is 0 Å². The lowest BCUT2D eigenvalue weighted by Gasteiger charge is -2.20. The number of halogens is 1. The molecule has 140 valence electrons. The number of anilines is 1. The minimum absolute atomic E-state index is 0.131. The van der Waals surface area contributed by atoms with Crippen LogP contribution in [0.1, 0.15) is 56.6 Å². The van der Waals surface area contributed by atoms with Gasteiger partial charge in [0, 0.05) is 12.1 Å². The minimum atomic E-state index is -0.210. The number of nitrogens with one attached hydrogen (secondary N) is 1. The molecule has 0 aliphatic rings. The molecule has 0 radical (unpaired) electrons. The minimum Gasteiger partial charge on any atom is -0.469 e. The fourth-order valence-electron chi connectivity index (χ4n) is 3.00. The van der Waals surface area contributed by atoms with Crippen molar-refractivity contribution in [1.82, 2.24) is 0 Å². The van der Waals surface area contributed by atoms with Gasteiger partial charge in [0.1, 0.15) is 5.82 Å². The number of rotatable bonds is 11. The molecule has 3 nitrogen and oxygen atoms in total. The maximum atomic E-state index is 13.2. The van der Waals surface area contributed by atoms with Crippen LogP contribution in [-0.4, -0.2) is 13.1 Å². The molecule has 1 unspecified atom stereocenters. The first kappa shape index (κ1) is 20.0. The van der Waals surface area contributed by atoms with Crippen molar-refractivity contribution in [2.45, 2.75) is 51.0 Å². The van der Waals surface area contributed by atoms with Gasteiger partial charge in [0.05, 0.1) is 13.2 Å². The van der Waals surface area contributed by atoms with Crippen LogP contribution in [0, 0.1) is 5.82 Å². The van der Waals surface area contributed by atoms with E-state index in [0.717, 1.165) is 49.8 Å². The van der Waals surface area contributed by atoms with Crippen LogP contribution in [0.4, 0.5) is 10.1 Å². The van der Waals surface area contributed by atoms with Gasteiger partial charge >= 0.3 is 5.97 Å². The standard InChI is InChI=1S/C22H28FNO2/c1-26-22(25)13-9-4-2-3-8-12-21(18-14-16-19(23)17-15-18)24-20-10-6-5-7-11-20/h5-7,10-11,14-17,21,24H,2-4,8-9,12-13H2,1H3. The van der Waals surface area contributed by atoms with Crippen LogP contribution in [0.25, 0.3) is 0 Å². The molecule has 0 heterocycles. The number of ether oxygens (including phenoxy) is 1. The van der Waals surface area contributed by atoms with E-state index in [-0.39, 0.29) is 17.8 Å². The molecule has 0 fully saturated rings.